The fourth-order valence-electron chi connectivity index (χ4n) is 4.35. The summed E-state index contributed by atoms with van der Waals surface area (Å²) in [6, 6.07) is 16.6. The largest absolute Gasteiger partial charge is 0.493 e. The number of benzene rings is 3. The van der Waals surface area contributed by atoms with Crippen molar-refractivity contribution in [2.45, 2.75) is 19.3 Å². The fraction of sp³-hybridized carbons (Fsp3) is 0.345. The smallest absolute Gasteiger partial charge is 0.258 e. The Hall–Kier alpha value is -4.06. The number of anilines is 1. The average Bonchev–Trinajstić information content (AvgIpc) is 3.46. The first-order valence-corrected chi connectivity index (χ1v) is 12.8. The molecule has 222 valence electrons. The molecule has 11 nitrogen and oxygen atoms in total. The topological polar surface area (TPSA) is 140 Å². The van der Waals surface area contributed by atoms with E-state index in [-0.39, 0.29) is 23.8 Å². The number of amides is 1. The van der Waals surface area contributed by atoms with Crippen molar-refractivity contribution < 1.29 is 33.8 Å². The van der Waals surface area contributed by atoms with Crippen molar-refractivity contribution in [1.29, 1.82) is 0 Å². The lowest BCUT2D eigenvalue weighted by Crippen LogP contribution is -2.33. The highest BCUT2D eigenvalue weighted by molar-refractivity contribution is 6.07. The molecular formula is C29H37ClN4O7. The van der Waals surface area contributed by atoms with Crippen molar-refractivity contribution in [3.05, 3.63) is 65.7 Å². The van der Waals surface area contributed by atoms with Gasteiger partial charge in [-0.05, 0) is 90.7 Å². The van der Waals surface area contributed by atoms with Crippen LogP contribution in [-0.4, -0.2) is 69.8 Å². The molecule has 0 saturated carbocycles. The molecule has 0 atom stereocenters. The third-order valence-electron chi connectivity index (χ3n) is 6.43. The highest BCUT2D eigenvalue weighted by Crippen LogP contribution is 2.32. The molecule has 1 amide bonds. The van der Waals surface area contributed by atoms with E-state index < -0.39 is 0 Å². The molecule has 3 N–H and O–H groups in total. The number of aromatic nitrogens is 2. The summed E-state index contributed by atoms with van der Waals surface area (Å²) >= 11 is 0. The van der Waals surface area contributed by atoms with Crippen LogP contribution in [0.2, 0.25) is 0 Å². The van der Waals surface area contributed by atoms with E-state index in [1.54, 1.807) is 57.6 Å². The summed E-state index contributed by atoms with van der Waals surface area (Å²) in [5, 5.41) is 11.2. The number of aryl methyl sites for hydroxylation is 1. The van der Waals surface area contributed by atoms with Crippen molar-refractivity contribution in [3.8, 4) is 23.0 Å². The predicted molar refractivity (Wildman–Crippen MR) is 159 cm³/mol. The Morgan fingerprint density at radius 2 is 1.41 bits per heavy atom. The third-order valence-corrected chi connectivity index (χ3v) is 6.43. The first-order chi connectivity index (χ1) is 19.1. The van der Waals surface area contributed by atoms with Gasteiger partial charge < -0.3 is 34.6 Å². The van der Waals surface area contributed by atoms with E-state index >= 15 is 0 Å². The van der Waals surface area contributed by atoms with Gasteiger partial charge in [0.25, 0.3) is 5.91 Å². The van der Waals surface area contributed by atoms with Crippen molar-refractivity contribution in [2.24, 2.45) is 0 Å². The minimum atomic E-state index is -0.152. The zero-order chi connectivity index (χ0) is 27.6. The predicted octanol–water partition coefficient (Wildman–Crippen LogP) is 4.11. The Kier molecular flexibility index (Phi) is 13.1. The van der Waals surface area contributed by atoms with Crippen LogP contribution in [0.4, 0.5) is 5.69 Å². The molecule has 41 heavy (non-hydrogen) atoms. The molecular weight excluding hydrogens is 552 g/mol. The Morgan fingerprint density at radius 3 is 2.12 bits per heavy atom. The van der Waals surface area contributed by atoms with Crippen LogP contribution >= 0.6 is 12.4 Å². The van der Waals surface area contributed by atoms with E-state index in [2.05, 4.69) is 21.7 Å². The Labute approximate surface area is 245 Å². The molecule has 1 heterocycles. The van der Waals surface area contributed by atoms with E-state index in [0.29, 0.717) is 40.3 Å². The number of methoxy groups -OCH3 is 4. The number of rotatable bonds is 14. The molecule has 0 saturated heterocycles. The zero-order valence-electron chi connectivity index (χ0n) is 23.6. The molecule has 0 spiro atoms. The van der Waals surface area contributed by atoms with Gasteiger partial charge >= 0.3 is 0 Å². The van der Waals surface area contributed by atoms with Gasteiger partial charge in [0.15, 0.2) is 23.0 Å². The SMILES string of the molecule is COc1ccc(CCCNCCCN(C(=O)c2ccc3nonc3c2)c2ccc(OC)c(OC)c2)cc1OC.Cl.O. The van der Waals surface area contributed by atoms with Crippen LogP contribution in [0.1, 0.15) is 28.8 Å². The number of nitrogens with one attached hydrogen (secondary N) is 1. The lowest BCUT2D eigenvalue weighted by molar-refractivity contribution is 0.0986. The van der Waals surface area contributed by atoms with Gasteiger partial charge in [-0.15, -0.1) is 12.4 Å². The summed E-state index contributed by atoms with van der Waals surface area (Å²) in [5.41, 5.74) is 3.53. The van der Waals surface area contributed by atoms with E-state index in [1.165, 1.54) is 5.56 Å². The second-order valence-corrected chi connectivity index (χ2v) is 8.86. The van der Waals surface area contributed by atoms with E-state index in [4.69, 9.17) is 23.6 Å². The summed E-state index contributed by atoms with van der Waals surface area (Å²) in [6.45, 7) is 2.12. The molecule has 0 fully saturated rings. The van der Waals surface area contributed by atoms with Crippen LogP contribution in [0.25, 0.3) is 11.0 Å². The normalized spacial score (nSPS) is 10.3. The summed E-state index contributed by atoms with van der Waals surface area (Å²) in [5.74, 6) is 2.46. The number of hydrogen-bond donors (Lipinski definition) is 1. The van der Waals surface area contributed by atoms with Crippen LogP contribution in [0.15, 0.2) is 59.2 Å². The van der Waals surface area contributed by atoms with Gasteiger partial charge in [-0.2, -0.15) is 0 Å². The van der Waals surface area contributed by atoms with Crippen LogP contribution in [-0.2, 0) is 6.42 Å². The zero-order valence-corrected chi connectivity index (χ0v) is 24.5. The van der Waals surface area contributed by atoms with Gasteiger partial charge in [-0.1, -0.05) is 6.07 Å². The van der Waals surface area contributed by atoms with Gasteiger partial charge in [-0.3, -0.25) is 4.79 Å². The van der Waals surface area contributed by atoms with Crippen LogP contribution in [0, 0.1) is 0 Å². The quantitative estimate of drug-likeness (QED) is 0.215. The Balaban J connectivity index is 0.00000294. The fourth-order valence-corrected chi connectivity index (χ4v) is 4.35. The van der Waals surface area contributed by atoms with Crippen LogP contribution in [0.3, 0.4) is 0 Å². The van der Waals surface area contributed by atoms with Crippen LogP contribution in [0.5, 0.6) is 23.0 Å². The maximum Gasteiger partial charge on any atom is 0.258 e. The maximum atomic E-state index is 13.6. The molecule has 4 aromatic rings. The highest BCUT2D eigenvalue weighted by Gasteiger charge is 2.20. The number of carbonyl (C=O) groups excluding carboxylic acids is 1. The van der Waals surface area contributed by atoms with Gasteiger partial charge in [0.1, 0.15) is 11.0 Å². The minimum absolute atomic E-state index is 0. The van der Waals surface area contributed by atoms with Crippen molar-refractivity contribution >= 4 is 35.0 Å². The Morgan fingerprint density at radius 1 is 0.780 bits per heavy atom. The summed E-state index contributed by atoms with van der Waals surface area (Å²) in [7, 11) is 6.43. The lowest BCUT2D eigenvalue weighted by Gasteiger charge is -2.24. The molecule has 0 bridgehead atoms. The summed E-state index contributed by atoms with van der Waals surface area (Å²) in [4.78, 5) is 15.4. The number of halogens is 1. The van der Waals surface area contributed by atoms with E-state index in [0.717, 1.165) is 43.9 Å². The third kappa shape index (κ3) is 8.23. The Bertz CT molecular complexity index is 1400. The minimum Gasteiger partial charge on any atom is -0.493 e. The number of carbonyl (C=O) groups is 1. The molecule has 4 rings (SSSR count). The molecule has 0 unspecified atom stereocenters. The number of fused-ring (bicyclic) bond motifs is 1. The van der Waals surface area contributed by atoms with Crippen molar-refractivity contribution in [2.75, 3.05) is 53.0 Å². The van der Waals surface area contributed by atoms with Gasteiger partial charge in [0.2, 0.25) is 0 Å². The summed E-state index contributed by atoms with van der Waals surface area (Å²) in [6.07, 6.45) is 2.65. The maximum absolute atomic E-state index is 13.6. The monoisotopic (exact) mass is 588 g/mol. The van der Waals surface area contributed by atoms with Gasteiger partial charge in [0.05, 0.1) is 28.4 Å². The molecule has 12 heteroatoms. The molecule has 0 aliphatic carbocycles. The number of ether oxygens (including phenoxy) is 4. The van der Waals surface area contributed by atoms with Crippen molar-refractivity contribution in [3.63, 3.8) is 0 Å². The van der Waals surface area contributed by atoms with Gasteiger partial charge in [0, 0.05) is 23.9 Å². The molecule has 0 aliphatic heterocycles. The lowest BCUT2D eigenvalue weighted by atomic mass is 10.1. The average molecular weight is 589 g/mol. The molecule has 0 aliphatic rings. The van der Waals surface area contributed by atoms with Crippen LogP contribution < -0.4 is 29.2 Å². The second-order valence-electron chi connectivity index (χ2n) is 8.86. The summed E-state index contributed by atoms with van der Waals surface area (Å²) < 4.78 is 26.3. The second kappa shape index (κ2) is 16.3. The van der Waals surface area contributed by atoms with Crippen molar-refractivity contribution in [1.82, 2.24) is 15.6 Å². The number of nitrogens with zero attached hydrogens (tertiary/aromatic N) is 3. The highest BCUT2D eigenvalue weighted by atomic mass is 35.5. The van der Waals surface area contributed by atoms with E-state index in [9.17, 15) is 4.79 Å². The number of hydrogen-bond acceptors (Lipinski definition) is 9. The molecule has 1 aromatic heterocycles. The van der Waals surface area contributed by atoms with Gasteiger partial charge in [-0.25, -0.2) is 4.63 Å². The first kappa shape index (κ1) is 33.1. The standard InChI is InChI=1S/C29H34N4O6.ClH.H2O/c1-35-25-12-8-20(17-27(25)37-3)7-5-14-30-15-6-16-33(22-10-13-26(36-2)28(19-22)38-4)29(34)21-9-11-23-24(18-21)32-39-31-23;;/h8-13,17-19,30H,5-7,14-16H2,1-4H3;1H;1H2. The molecule has 0 radical (unpaired) electrons. The van der Waals surface area contributed by atoms with E-state index in [1.807, 2.05) is 24.3 Å². The molecule has 3 aromatic carbocycles. The first-order valence-electron chi connectivity index (χ1n) is 12.8.